The van der Waals surface area contributed by atoms with Crippen molar-refractivity contribution in [3.8, 4) is 11.5 Å². The van der Waals surface area contributed by atoms with Gasteiger partial charge in [0.1, 0.15) is 11.3 Å². The minimum atomic E-state index is -0.917. The first-order chi connectivity index (χ1) is 15.9. The van der Waals surface area contributed by atoms with Crippen LogP contribution in [0.4, 0.5) is 11.4 Å². The van der Waals surface area contributed by atoms with Crippen LogP contribution in [-0.4, -0.2) is 48.7 Å². The second kappa shape index (κ2) is 10.2. The molecule has 1 aromatic heterocycles. The van der Waals surface area contributed by atoms with E-state index in [0.29, 0.717) is 12.2 Å². The molecule has 1 aliphatic rings. The van der Waals surface area contributed by atoms with Crippen LogP contribution >= 0.6 is 0 Å². The molecule has 3 aromatic rings. The molecule has 1 atom stereocenters. The second-order valence-corrected chi connectivity index (χ2v) is 7.35. The van der Waals surface area contributed by atoms with Crippen LogP contribution in [0, 0.1) is 0 Å². The quantitative estimate of drug-likeness (QED) is 0.221. The smallest absolute Gasteiger partial charge is 0.505 e. The molecule has 0 saturated heterocycles. The van der Waals surface area contributed by atoms with Gasteiger partial charge >= 0.3 is 22.1 Å². The zero-order valence-corrected chi connectivity index (χ0v) is 19.5. The maximum atomic E-state index is 13.1. The number of fused-ring (bicyclic) bond motifs is 2. The van der Waals surface area contributed by atoms with Crippen molar-refractivity contribution in [2.45, 2.75) is 19.4 Å². The summed E-state index contributed by atoms with van der Waals surface area (Å²) in [6.45, 7) is 2.06. The molecule has 0 radical (unpaired) electrons. The van der Waals surface area contributed by atoms with Crippen molar-refractivity contribution >= 4 is 34.2 Å². The summed E-state index contributed by atoms with van der Waals surface area (Å²) in [5.41, 5.74) is -0.863. The number of hydrogen-bond acceptors (Lipinski definition) is 9. The fourth-order valence-electron chi connectivity index (χ4n) is 3.74. The van der Waals surface area contributed by atoms with E-state index in [-0.39, 0.29) is 50.9 Å². The van der Waals surface area contributed by atoms with Crippen LogP contribution in [0.1, 0.15) is 34.1 Å². The number of carbonyl (C=O) groups is 2. The standard InChI is InChI=1S/C23H21N3O7.Ni/c1-4-12(11-31-2)26-21(28)15-6-5-7-16(18(15)22(26)29)24-25-19-20(27)14-9-8-13(32-3)10-17(14)33-23(19)30;/h5-10,12,27H,4,11H2,1-3H3;/q;+2. The molecule has 2 aromatic carbocycles. The third kappa shape index (κ3) is 4.20. The summed E-state index contributed by atoms with van der Waals surface area (Å²) in [7, 11) is 2.96. The number of benzene rings is 2. The van der Waals surface area contributed by atoms with Crippen molar-refractivity contribution in [2.75, 3.05) is 20.8 Å². The number of amides is 2. The molecule has 11 heteroatoms. The summed E-state index contributed by atoms with van der Waals surface area (Å²) < 4.78 is 15.5. The monoisotopic (exact) mass is 509 g/mol. The van der Waals surface area contributed by atoms with Gasteiger partial charge in [0.2, 0.25) is 5.69 Å². The zero-order valence-electron chi connectivity index (χ0n) is 18.5. The molecule has 1 aliphatic heterocycles. The first-order valence-electron chi connectivity index (χ1n) is 10.2. The predicted molar refractivity (Wildman–Crippen MR) is 118 cm³/mol. The minimum Gasteiger partial charge on any atom is -0.505 e. The fourth-order valence-corrected chi connectivity index (χ4v) is 3.74. The maximum Gasteiger partial charge on any atom is 2.00 e. The Labute approximate surface area is 204 Å². The van der Waals surface area contributed by atoms with E-state index in [1.54, 1.807) is 12.1 Å². The zero-order chi connectivity index (χ0) is 23.7. The van der Waals surface area contributed by atoms with E-state index in [9.17, 15) is 19.5 Å². The summed E-state index contributed by atoms with van der Waals surface area (Å²) in [6, 6.07) is 8.74. The van der Waals surface area contributed by atoms with Crippen molar-refractivity contribution in [3.63, 3.8) is 0 Å². The summed E-state index contributed by atoms with van der Waals surface area (Å²) in [6.07, 6.45) is 0.521. The third-order valence-electron chi connectivity index (χ3n) is 5.44. The number of imide groups is 1. The van der Waals surface area contributed by atoms with E-state index in [1.807, 2.05) is 6.92 Å². The average molecular weight is 510 g/mol. The van der Waals surface area contributed by atoms with Crippen molar-refractivity contribution in [1.29, 1.82) is 0 Å². The number of ether oxygens (including phenoxy) is 2. The molecule has 0 aliphatic carbocycles. The Balaban J connectivity index is 0.00000324. The van der Waals surface area contributed by atoms with Gasteiger partial charge in [0.25, 0.3) is 11.8 Å². The number of carbonyl (C=O) groups excluding carboxylic acids is 2. The van der Waals surface area contributed by atoms with Gasteiger partial charge in [-0.25, -0.2) is 4.79 Å². The van der Waals surface area contributed by atoms with Gasteiger partial charge in [-0.2, -0.15) is 0 Å². The average Bonchev–Trinajstić information content (AvgIpc) is 3.07. The number of nitrogens with zero attached hydrogens (tertiary/aromatic N) is 3. The van der Waals surface area contributed by atoms with Gasteiger partial charge in [0.15, 0.2) is 5.75 Å². The molecule has 4 rings (SSSR count). The van der Waals surface area contributed by atoms with Crippen molar-refractivity contribution in [3.05, 3.63) is 57.9 Å². The molecule has 34 heavy (non-hydrogen) atoms. The largest absolute Gasteiger partial charge is 2.00 e. The molecule has 2 heterocycles. The van der Waals surface area contributed by atoms with E-state index in [0.717, 1.165) is 4.90 Å². The van der Waals surface area contributed by atoms with Crippen molar-refractivity contribution in [1.82, 2.24) is 4.90 Å². The van der Waals surface area contributed by atoms with Crippen LogP contribution in [0.25, 0.3) is 11.0 Å². The molecule has 0 bridgehead atoms. The topological polar surface area (TPSA) is 131 Å². The number of azo groups is 1. The Morgan fingerprint density at radius 3 is 2.53 bits per heavy atom. The van der Waals surface area contributed by atoms with Gasteiger partial charge in [0, 0.05) is 13.2 Å². The number of hydrogen-bond donors (Lipinski definition) is 1. The third-order valence-corrected chi connectivity index (χ3v) is 5.44. The molecular formula is C23H21N3NiO7+2. The number of methoxy groups -OCH3 is 2. The number of aromatic hydroxyl groups is 1. The molecule has 1 N–H and O–H groups in total. The molecule has 0 saturated carbocycles. The van der Waals surface area contributed by atoms with E-state index >= 15 is 0 Å². The molecule has 2 amide bonds. The van der Waals surface area contributed by atoms with Crippen LogP contribution < -0.4 is 10.4 Å². The Morgan fingerprint density at radius 2 is 1.85 bits per heavy atom. The van der Waals surface area contributed by atoms with Crippen LogP contribution in [0.3, 0.4) is 0 Å². The summed E-state index contributed by atoms with van der Waals surface area (Å²) in [5, 5.41) is 18.7. The van der Waals surface area contributed by atoms with Crippen LogP contribution in [0.15, 0.2) is 55.8 Å². The first-order valence-corrected chi connectivity index (χ1v) is 10.2. The van der Waals surface area contributed by atoms with E-state index in [4.69, 9.17) is 13.9 Å². The molecule has 0 spiro atoms. The maximum absolute atomic E-state index is 13.1. The van der Waals surface area contributed by atoms with Gasteiger partial charge in [-0.3, -0.25) is 14.5 Å². The molecular weight excluding hydrogens is 489 g/mol. The molecule has 0 fully saturated rings. The summed E-state index contributed by atoms with van der Waals surface area (Å²) >= 11 is 0. The van der Waals surface area contributed by atoms with E-state index in [1.165, 1.54) is 38.5 Å². The molecule has 178 valence electrons. The first kappa shape index (κ1) is 25.1. The summed E-state index contributed by atoms with van der Waals surface area (Å²) in [4.78, 5) is 39.5. The van der Waals surface area contributed by atoms with Gasteiger partial charge < -0.3 is 19.0 Å². The van der Waals surface area contributed by atoms with E-state index in [2.05, 4.69) is 10.2 Å². The van der Waals surface area contributed by atoms with Gasteiger partial charge in [-0.15, -0.1) is 10.2 Å². The molecule has 1 unspecified atom stereocenters. The Bertz CT molecular complexity index is 1350. The van der Waals surface area contributed by atoms with Crippen molar-refractivity contribution < 1.29 is 45.1 Å². The van der Waals surface area contributed by atoms with Crippen LogP contribution in [0.5, 0.6) is 11.5 Å². The summed E-state index contributed by atoms with van der Waals surface area (Å²) in [5.74, 6) is -0.936. The Hall–Kier alpha value is -3.56. The van der Waals surface area contributed by atoms with E-state index < -0.39 is 34.9 Å². The number of rotatable bonds is 7. The Kier molecular flexibility index (Phi) is 7.49. The second-order valence-electron chi connectivity index (χ2n) is 7.35. The normalized spacial score (nSPS) is 13.9. The molecule has 10 nitrogen and oxygen atoms in total. The Morgan fingerprint density at radius 1 is 1.09 bits per heavy atom. The SMILES string of the molecule is CCC(COC)N1C(=O)c2cccc(N=Nc3c(O)c4ccc(OC)cc4oc3=O)c2C1=O.[Ni+2]. The fraction of sp³-hybridized carbons (Fsp3) is 0.261. The van der Waals surface area contributed by atoms with Gasteiger partial charge in [-0.1, -0.05) is 13.0 Å². The van der Waals surface area contributed by atoms with Gasteiger partial charge in [0.05, 0.1) is 42.0 Å². The minimum absolute atomic E-state index is 0. The van der Waals surface area contributed by atoms with Crippen molar-refractivity contribution in [2.24, 2.45) is 10.2 Å². The predicted octanol–water partition coefficient (Wildman–Crippen LogP) is 3.94. The van der Waals surface area contributed by atoms with Crippen LogP contribution in [-0.2, 0) is 21.2 Å². The van der Waals surface area contributed by atoms with Crippen LogP contribution in [0.2, 0.25) is 0 Å². The van der Waals surface area contributed by atoms with Gasteiger partial charge in [-0.05, 0) is 30.7 Å².